The molecule has 2 unspecified atom stereocenters. The van der Waals surface area contributed by atoms with Crippen LogP contribution in [0.1, 0.15) is 17.5 Å². The van der Waals surface area contributed by atoms with Gasteiger partial charge in [0.05, 0.1) is 18.7 Å². The maximum atomic E-state index is 10.6. The standard InChI is InChI=1S/C16H22N4O.2C2HF3O2/c1-18-6-15(5-17-18)10-20-9-14-4-16(20)11-19(8-14)7-13-2-3-21-12-13;2*3-2(4,5)1(6)7/h2-3,5-6,12,14,16H,4,7-11H2,1H3;2*(H,6,7). The van der Waals surface area contributed by atoms with Crippen LogP contribution >= 0.6 is 0 Å². The Hall–Kier alpha value is -3.07. The summed E-state index contributed by atoms with van der Waals surface area (Å²) in [4.78, 5) is 23.0. The first-order chi connectivity index (χ1) is 16.1. The Morgan fingerprint density at radius 2 is 1.63 bits per heavy atom. The summed E-state index contributed by atoms with van der Waals surface area (Å²) in [5.74, 6) is -4.70. The van der Waals surface area contributed by atoms with Crippen molar-refractivity contribution in [3.05, 3.63) is 42.1 Å². The second-order valence-corrected chi connectivity index (χ2v) is 8.14. The van der Waals surface area contributed by atoms with Crippen LogP contribution in [0.3, 0.4) is 0 Å². The van der Waals surface area contributed by atoms with Gasteiger partial charge in [-0.15, -0.1) is 0 Å². The first-order valence-corrected chi connectivity index (χ1v) is 10.2. The molecular weight excluding hydrogens is 490 g/mol. The first-order valence-electron chi connectivity index (χ1n) is 10.2. The van der Waals surface area contributed by atoms with Crippen molar-refractivity contribution in [1.29, 1.82) is 0 Å². The van der Waals surface area contributed by atoms with Gasteiger partial charge in [-0.3, -0.25) is 14.5 Å². The van der Waals surface area contributed by atoms with Crippen molar-refractivity contribution >= 4 is 11.9 Å². The molecule has 15 heteroatoms. The van der Waals surface area contributed by atoms with E-state index >= 15 is 0 Å². The normalized spacial score (nSPS) is 20.4. The average molecular weight is 514 g/mol. The molecule has 4 heterocycles. The van der Waals surface area contributed by atoms with Gasteiger partial charge in [-0.1, -0.05) is 0 Å². The summed E-state index contributed by atoms with van der Waals surface area (Å²) in [5, 5.41) is 18.5. The molecule has 2 aliphatic heterocycles. The van der Waals surface area contributed by atoms with Crippen LogP contribution in [0.2, 0.25) is 0 Å². The van der Waals surface area contributed by atoms with Gasteiger partial charge in [0.2, 0.25) is 0 Å². The summed E-state index contributed by atoms with van der Waals surface area (Å²) in [7, 11) is 1.98. The Morgan fingerprint density at radius 1 is 1.03 bits per heavy atom. The molecule has 2 saturated heterocycles. The summed E-state index contributed by atoms with van der Waals surface area (Å²) in [6, 6.07) is 2.76. The van der Waals surface area contributed by atoms with Gasteiger partial charge in [0, 0.05) is 63.1 Å². The smallest absolute Gasteiger partial charge is 0.475 e. The molecule has 2 N–H and O–H groups in total. The predicted molar refractivity (Wildman–Crippen MR) is 107 cm³/mol. The highest BCUT2D eigenvalue weighted by molar-refractivity contribution is 5.73. The number of furan rings is 1. The van der Waals surface area contributed by atoms with Crippen LogP contribution in [0, 0.1) is 5.92 Å². The number of aliphatic carboxylic acids is 2. The molecule has 9 nitrogen and oxygen atoms in total. The molecule has 0 radical (unpaired) electrons. The topological polar surface area (TPSA) is 112 Å². The van der Waals surface area contributed by atoms with E-state index in [2.05, 4.69) is 27.2 Å². The minimum absolute atomic E-state index is 0.691. The van der Waals surface area contributed by atoms with E-state index in [4.69, 9.17) is 24.2 Å². The van der Waals surface area contributed by atoms with Crippen LogP contribution in [0.5, 0.6) is 0 Å². The molecule has 0 spiro atoms. The Morgan fingerprint density at radius 3 is 2.09 bits per heavy atom. The Balaban J connectivity index is 0.000000257. The highest BCUT2D eigenvalue weighted by Crippen LogP contribution is 2.31. The number of alkyl halides is 6. The number of hydrogen-bond acceptors (Lipinski definition) is 6. The summed E-state index contributed by atoms with van der Waals surface area (Å²) >= 11 is 0. The summed E-state index contributed by atoms with van der Waals surface area (Å²) in [6.07, 6.45) is -1.06. The van der Waals surface area contributed by atoms with Gasteiger partial charge in [-0.25, -0.2) is 9.59 Å². The lowest BCUT2D eigenvalue weighted by Gasteiger charge is -2.32. The Kier molecular flexibility index (Phi) is 9.31. The largest absolute Gasteiger partial charge is 0.490 e. The molecule has 2 aliphatic rings. The Labute approximate surface area is 195 Å². The average Bonchev–Trinajstić information content (AvgIpc) is 3.44. The van der Waals surface area contributed by atoms with Crippen LogP contribution < -0.4 is 0 Å². The van der Waals surface area contributed by atoms with Gasteiger partial charge in [0.1, 0.15) is 0 Å². The van der Waals surface area contributed by atoms with Crippen molar-refractivity contribution in [1.82, 2.24) is 19.6 Å². The van der Waals surface area contributed by atoms with Gasteiger partial charge < -0.3 is 14.6 Å². The molecule has 2 bridgehead atoms. The van der Waals surface area contributed by atoms with Gasteiger partial charge >= 0.3 is 24.3 Å². The van der Waals surface area contributed by atoms with Gasteiger partial charge in [-0.05, 0) is 18.4 Å². The lowest BCUT2D eigenvalue weighted by atomic mass is 9.99. The summed E-state index contributed by atoms with van der Waals surface area (Å²) in [5.41, 5.74) is 2.61. The third-order valence-electron chi connectivity index (χ3n) is 5.22. The quantitative estimate of drug-likeness (QED) is 0.600. The molecule has 4 rings (SSSR count). The van der Waals surface area contributed by atoms with Crippen molar-refractivity contribution in [2.24, 2.45) is 13.0 Å². The van der Waals surface area contributed by atoms with Crippen LogP contribution in [-0.2, 0) is 29.7 Å². The number of carbonyl (C=O) groups is 2. The van der Waals surface area contributed by atoms with Crippen LogP contribution in [0.25, 0.3) is 0 Å². The number of aromatic nitrogens is 2. The molecule has 2 atom stereocenters. The number of carboxylic acid groups (broad SMARTS) is 2. The number of hydrogen-bond donors (Lipinski definition) is 2. The molecule has 0 amide bonds. The van der Waals surface area contributed by atoms with Crippen LogP contribution in [-0.4, -0.2) is 79.8 Å². The Bertz CT molecular complexity index is 936. The maximum Gasteiger partial charge on any atom is 0.490 e. The number of aryl methyl sites for hydroxylation is 1. The van der Waals surface area contributed by atoms with Gasteiger partial charge in [-0.2, -0.15) is 31.4 Å². The van der Waals surface area contributed by atoms with E-state index in [9.17, 15) is 26.3 Å². The van der Waals surface area contributed by atoms with E-state index in [1.807, 2.05) is 24.2 Å². The second-order valence-electron chi connectivity index (χ2n) is 8.14. The number of carboxylic acids is 2. The minimum atomic E-state index is -5.08. The fourth-order valence-electron chi connectivity index (χ4n) is 3.90. The highest BCUT2D eigenvalue weighted by Gasteiger charge is 2.39. The number of rotatable bonds is 4. The third-order valence-corrected chi connectivity index (χ3v) is 5.22. The van der Waals surface area contributed by atoms with Crippen molar-refractivity contribution in [2.45, 2.75) is 37.9 Å². The van der Waals surface area contributed by atoms with Gasteiger partial charge in [0.25, 0.3) is 0 Å². The lowest BCUT2D eigenvalue weighted by Crippen LogP contribution is -2.41. The predicted octanol–water partition coefficient (Wildman–Crippen LogP) is 2.99. The van der Waals surface area contributed by atoms with Crippen molar-refractivity contribution in [2.75, 3.05) is 19.6 Å². The zero-order valence-corrected chi connectivity index (χ0v) is 18.5. The third kappa shape index (κ3) is 9.24. The van der Waals surface area contributed by atoms with E-state index in [-0.39, 0.29) is 0 Å². The lowest BCUT2D eigenvalue weighted by molar-refractivity contribution is -0.193. The summed E-state index contributed by atoms with van der Waals surface area (Å²) < 4.78 is 70.5. The molecular formula is C20H24F6N4O5. The number of piperidine rings is 1. The molecule has 196 valence electrons. The van der Waals surface area contributed by atoms with Crippen LogP contribution in [0.4, 0.5) is 26.3 Å². The van der Waals surface area contributed by atoms with E-state index in [1.165, 1.54) is 37.2 Å². The molecule has 0 saturated carbocycles. The fourth-order valence-corrected chi connectivity index (χ4v) is 3.90. The molecule has 35 heavy (non-hydrogen) atoms. The molecule has 2 aromatic heterocycles. The first kappa shape index (κ1) is 28.2. The monoisotopic (exact) mass is 514 g/mol. The molecule has 2 aromatic rings. The second kappa shape index (κ2) is 11.6. The van der Waals surface area contributed by atoms with Crippen molar-refractivity contribution in [3.63, 3.8) is 0 Å². The fraction of sp³-hybridized carbons (Fsp3) is 0.550. The zero-order chi connectivity index (χ0) is 26.4. The van der Waals surface area contributed by atoms with Crippen LogP contribution in [0.15, 0.2) is 35.4 Å². The van der Waals surface area contributed by atoms with E-state index in [1.54, 1.807) is 6.26 Å². The SMILES string of the molecule is Cn1cc(CN2CC3CC2CN(Cc2ccoc2)C3)cn1.O=C(O)C(F)(F)F.O=C(O)C(F)(F)F. The molecule has 2 fully saturated rings. The number of nitrogens with zero attached hydrogens (tertiary/aromatic N) is 4. The van der Waals surface area contributed by atoms with Crippen molar-refractivity contribution < 1.29 is 50.6 Å². The number of fused-ring (bicyclic) bond motifs is 2. The minimum Gasteiger partial charge on any atom is -0.475 e. The van der Waals surface area contributed by atoms with E-state index < -0.39 is 24.3 Å². The summed E-state index contributed by atoms with van der Waals surface area (Å²) in [6.45, 7) is 5.66. The maximum absolute atomic E-state index is 10.6. The highest BCUT2D eigenvalue weighted by atomic mass is 19.4. The molecule has 0 aliphatic carbocycles. The number of halogens is 6. The number of likely N-dealkylation sites (tertiary alicyclic amines) is 2. The zero-order valence-electron chi connectivity index (χ0n) is 18.5. The van der Waals surface area contributed by atoms with Gasteiger partial charge in [0.15, 0.2) is 0 Å². The molecule has 0 aromatic carbocycles. The van der Waals surface area contributed by atoms with E-state index in [0.717, 1.165) is 19.0 Å². The van der Waals surface area contributed by atoms with Crippen molar-refractivity contribution in [3.8, 4) is 0 Å². The van der Waals surface area contributed by atoms with E-state index in [0.29, 0.717) is 6.04 Å².